The largest absolute Gasteiger partial charge is 0.497 e. The first kappa shape index (κ1) is 24.2. The van der Waals surface area contributed by atoms with Crippen molar-refractivity contribution in [1.82, 2.24) is 14.7 Å². The molecule has 1 aliphatic rings. The van der Waals surface area contributed by atoms with Crippen LogP contribution in [0.15, 0.2) is 18.2 Å². The Labute approximate surface area is 180 Å². The van der Waals surface area contributed by atoms with E-state index in [1.807, 2.05) is 0 Å². The maximum absolute atomic E-state index is 5.65. The monoisotopic (exact) mass is 403 g/mol. The van der Waals surface area contributed by atoms with E-state index < -0.39 is 0 Å². The fourth-order valence-corrected chi connectivity index (χ4v) is 5.13. The minimum absolute atomic E-state index is 0.210. The number of likely N-dealkylation sites (tertiary alicyclic amines) is 1. The molecule has 1 fully saturated rings. The van der Waals surface area contributed by atoms with Crippen molar-refractivity contribution in [3.8, 4) is 5.75 Å². The quantitative estimate of drug-likeness (QED) is 0.585. The van der Waals surface area contributed by atoms with Crippen molar-refractivity contribution >= 4 is 0 Å². The number of aryl methyl sites for hydroxylation is 1. The molecule has 0 N–H and O–H groups in total. The number of hydrogen-bond acceptors (Lipinski definition) is 4. The van der Waals surface area contributed by atoms with Gasteiger partial charge in [0.2, 0.25) is 0 Å². The van der Waals surface area contributed by atoms with Crippen molar-refractivity contribution in [2.45, 2.75) is 57.9 Å². The van der Waals surface area contributed by atoms with E-state index in [0.29, 0.717) is 12.0 Å². The molecule has 0 amide bonds. The summed E-state index contributed by atoms with van der Waals surface area (Å²) < 4.78 is 5.65. The number of piperidine rings is 1. The summed E-state index contributed by atoms with van der Waals surface area (Å²) in [7, 11) is 10.7. The van der Waals surface area contributed by atoms with Gasteiger partial charge in [-0.3, -0.25) is 0 Å². The van der Waals surface area contributed by atoms with E-state index in [2.05, 4.69) is 81.9 Å². The highest BCUT2D eigenvalue weighted by Gasteiger charge is 2.45. The van der Waals surface area contributed by atoms with E-state index in [-0.39, 0.29) is 5.41 Å². The molecule has 0 radical (unpaired) electrons. The van der Waals surface area contributed by atoms with Crippen LogP contribution in [-0.4, -0.2) is 82.2 Å². The molecule has 1 aromatic carbocycles. The molecule has 0 bridgehead atoms. The summed E-state index contributed by atoms with van der Waals surface area (Å²) >= 11 is 0. The van der Waals surface area contributed by atoms with Crippen LogP contribution in [-0.2, 0) is 11.8 Å². The van der Waals surface area contributed by atoms with Crippen LogP contribution in [0.4, 0.5) is 0 Å². The van der Waals surface area contributed by atoms with Crippen LogP contribution in [0.5, 0.6) is 5.75 Å². The SMILES string of the molecule is CCc1ccc(OC)cc1C1(CCN(C)CCCN(C)C)CCN(C)C(C)[C@@H]1C. The first-order valence-corrected chi connectivity index (χ1v) is 11.5. The molecule has 0 spiro atoms. The molecule has 3 atom stereocenters. The maximum atomic E-state index is 5.65. The second-order valence-electron chi connectivity index (χ2n) is 9.50. The number of rotatable bonds is 10. The Kier molecular flexibility index (Phi) is 8.99. The second-order valence-corrected chi connectivity index (χ2v) is 9.50. The standard InChI is InChI=1S/C25H45N3O/c1-9-22-11-12-23(29-8)19-24(22)25(14-18-28(7)21(3)20(25)2)13-17-27(6)16-10-15-26(4)5/h11-12,19-21H,9-10,13-18H2,1-8H3/t20-,21?,25?/m0/s1. The summed E-state index contributed by atoms with van der Waals surface area (Å²) in [5.41, 5.74) is 3.24. The minimum Gasteiger partial charge on any atom is -0.497 e. The van der Waals surface area contributed by atoms with Gasteiger partial charge in [0, 0.05) is 11.5 Å². The normalized spacial score (nSPS) is 25.7. The summed E-state index contributed by atoms with van der Waals surface area (Å²) in [4.78, 5) is 7.35. The molecule has 1 saturated heterocycles. The molecule has 1 aliphatic heterocycles. The van der Waals surface area contributed by atoms with E-state index in [9.17, 15) is 0 Å². The van der Waals surface area contributed by atoms with Gasteiger partial charge in [-0.15, -0.1) is 0 Å². The lowest BCUT2D eigenvalue weighted by molar-refractivity contribution is 0.0521. The molecular weight excluding hydrogens is 358 g/mol. The zero-order valence-corrected chi connectivity index (χ0v) is 20.3. The Morgan fingerprint density at radius 3 is 2.48 bits per heavy atom. The van der Waals surface area contributed by atoms with Crippen molar-refractivity contribution in [2.24, 2.45) is 5.92 Å². The zero-order valence-electron chi connectivity index (χ0n) is 20.3. The molecule has 4 heteroatoms. The van der Waals surface area contributed by atoms with E-state index in [1.165, 1.54) is 30.4 Å². The summed E-state index contributed by atoms with van der Waals surface area (Å²) in [5.74, 6) is 1.60. The lowest BCUT2D eigenvalue weighted by Crippen LogP contribution is -2.54. The lowest BCUT2D eigenvalue weighted by Gasteiger charge is -2.51. The molecule has 2 rings (SSSR count). The van der Waals surface area contributed by atoms with Gasteiger partial charge in [-0.25, -0.2) is 0 Å². The molecule has 0 aliphatic carbocycles. The van der Waals surface area contributed by atoms with Crippen molar-refractivity contribution in [1.29, 1.82) is 0 Å². The third-order valence-electron chi connectivity index (χ3n) is 7.52. The molecule has 166 valence electrons. The fourth-order valence-electron chi connectivity index (χ4n) is 5.13. The summed E-state index contributed by atoms with van der Waals surface area (Å²) in [6.07, 6.45) is 4.74. The minimum atomic E-state index is 0.210. The van der Waals surface area contributed by atoms with Gasteiger partial charge in [-0.2, -0.15) is 0 Å². The van der Waals surface area contributed by atoms with Gasteiger partial charge in [0.25, 0.3) is 0 Å². The molecule has 2 unspecified atom stereocenters. The average Bonchev–Trinajstić information content (AvgIpc) is 2.71. The molecular formula is C25H45N3O. The van der Waals surface area contributed by atoms with Crippen LogP contribution in [0, 0.1) is 5.92 Å². The van der Waals surface area contributed by atoms with E-state index in [4.69, 9.17) is 4.74 Å². The average molecular weight is 404 g/mol. The van der Waals surface area contributed by atoms with Crippen molar-refractivity contribution in [3.63, 3.8) is 0 Å². The van der Waals surface area contributed by atoms with Gasteiger partial charge in [0.1, 0.15) is 5.75 Å². The fraction of sp³-hybridized carbons (Fsp3) is 0.760. The van der Waals surface area contributed by atoms with E-state index in [1.54, 1.807) is 7.11 Å². The Morgan fingerprint density at radius 1 is 1.14 bits per heavy atom. The van der Waals surface area contributed by atoms with E-state index in [0.717, 1.165) is 38.3 Å². The number of methoxy groups -OCH3 is 1. The van der Waals surface area contributed by atoms with Crippen LogP contribution in [0.25, 0.3) is 0 Å². The number of nitrogens with zero attached hydrogens (tertiary/aromatic N) is 3. The van der Waals surface area contributed by atoms with Crippen molar-refractivity contribution < 1.29 is 4.74 Å². The van der Waals surface area contributed by atoms with Gasteiger partial charge < -0.3 is 19.4 Å². The Bertz CT molecular complexity index is 632. The molecule has 0 aromatic heterocycles. The van der Waals surface area contributed by atoms with Crippen molar-refractivity contribution in [3.05, 3.63) is 29.3 Å². The summed E-state index contributed by atoms with van der Waals surface area (Å²) in [5, 5.41) is 0. The molecule has 0 saturated carbocycles. The van der Waals surface area contributed by atoms with Gasteiger partial charge >= 0.3 is 0 Å². The van der Waals surface area contributed by atoms with Crippen LogP contribution in [0.1, 0.15) is 51.2 Å². The first-order valence-electron chi connectivity index (χ1n) is 11.5. The first-order chi connectivity index (χ1) is 13.7. The topological polar surface area (TPSA) is 19.0 Å². The van der Waals surface area contributed by atoms with Crippen molar-refractivity contribution in [2.75, 3.05) is 61.5 Å². The van der Waals surface area contributed by atoms with Crippen LogP contribution < -0.4 is 4.74 Å². The number of ether oxygens (including phenoxy) is 1. The predicted molar refractivity (Wildman–Crippen MR) is 125 cm³/mol. The summed E-state index contributed by atoms with van der Waals surface area (Å²) in [6.45, 7) is 11.8. The maximum Gasteiger partial charge on any atom is 0.119 e. The van der Waals surface area contributed by atoms with Gasteiger partial charge in [-0.1, -0.05) is 19.9 Å². The van der Waals surface area contributed by atoms with Crippen LogP contribution >= 0.6 is 0 Å². The van der Waals surface area contributed by atoms with Gasteiger partial charge in [0.05, 0.1) is 7.11 Å². The van der Waals surface area contributed by atoms with Crippen LogP contribution in [0.2, 0.25) is 0 Å². The lowest BCUT2D eigenvalue weighted by atomic mass is 9.61. The number of benzene rings is 1. The Balaban J connectivity index is 2.31. The highest BCUT2D eigenvalue weighted by atomic mass is 16.5. The zero-order chi connectivity index (χ0) is 21.6. The van der Waals surface area contributed by atoms with Gasteiger partial charge in [0.15, 0.2) is 0 Å². The van der Waals surface area contributed by atoms with Gasteiger partial charge in [-0.05, 0) is 116 Å². The molecule has 29 heavy (non-hydrogen) atoms. The van der Waals surface area contributed by atoms with E-state index >= 15 is 0 Å². The smallest absolute Gasteiger partial charge is 0.119 e. The molecule has 1 heterocycles. The molecule has 1 aromatic rings. The highest BCUT2D eigenvalue weighted by molar-refractivity contribution is 5.42. The van der Waals surface area contributed by atoms with Crippen LogP contribution in [0.3, 0.4) is 0 Å². The Morgan fingerprint density at radius 2 is 1.86 bits per heavy atom. The second kappa shape index (κ2) is 10.8. The number of hydrogen-bond donors (Lipinski definition) is 0. The third kappa shape index (κ3) is 5.74. The predicted octanol–water partition coefficient (Wildman–Crippen LogP) is 4.13. The highest BCUT2D eigenvalue weighted by Crippen LogP contribution is 2.47. The summed E-state index contributed by atoms with van der Waals surface area (Å²) in [6, 6.07) is 7.36. The third-order valence-corrected chi connectivity index (χ3v) is 7.52. The Hall–Kier alpha value is -1.10. The molecule has 4 nitrogen and oxygen atoms in total.